The Balaban J connectivity index is 1.59. The molecule has 1 amide bonds. The fourth-order valence-electron chi connectivity index (χ4n) is 2.47. The molecule has 0 fully saturated rings. The molecule has 3 rings (SSSR count). The Kier molecular flexibility index (Phi) is 7.52. The van der Waals surface area contributed by atoms with Crippen LogP contribution in [0, 0.1) is 0 Å². The van der Waals surface area contributed by atoms with Gasteiger partial charge in [0, 0.05) is 20.5 Å². The van der Waals surface area contributed by atoms with E-state index in [0.29, 0.717) is 28.0 Å². The number of benzene rings is 2. The first kappa shape index (κ1) is 21.2. The summed E-state index contributed by atoms with van der Waals surface area (Å²) in [5.41, 5.74) is 4.09. The maximum absolute atomic E-state index is 11.9. The molecule has 0 unspecified atom stereocenters. The van der Waals surface area contributed by atoms with Gasteiger partial charge in [-0.05, 0) is 47.3 Å². The Morgan fingerprint density at radius 3 is 2.76 bits per heavy atom. The van der Waals surface area contributed by atoms with Crippen molar-refractivity contribution >= 4 is 46.7 Å². The molecule has 0 saturated heterocycles. The van der Waals surface area contributed by atoms with Crippen molar-refractivity contribution in [3.63, 3.8) is 0 Å². The summed E-state index contributed by atoms with van der Waals surface area (Å²) in [5, 5.41) is 7.04. The third-order valence-electron chi connectivity index (χ3n) is 3.90. The number of carbonyl (C=O) groups is 1. The Hall–Kier alpha value is -2.54. The van der Waals surface area contributed by atoms with E-state index in [9.17, 15) is 4.79 Å². The van der Waals surface area contributed by atoms with E-state index in [1.54, 1.807) is 37.6 Å². The fourth-order valence-corrected chi connectivity index (χ4v) is 3.63. The molecule has 1 aromatic heterocycles. The number of rotatable bonds is 8. The minimum absolute atomic E-state index is 0.171. The molecule has 5 nitrogen and oxygen atoms in total. The van der Waals surface area contributed by atoms with E-state index in [1.807, 2.05) is 29.6 Å². The number of hydrazone groups is 1. The van der Waals surface area contributed by atoms with Gasteiger partial charge in [-0.15, -0.1) is 11.3 Å². The molecule has 0 aliphatic carbocycles. The van der Waals surface area contributed by atoms with Gasteiger partial charge in [-0.3, -0.25) is 4.79 Å². The number of nitrogens with one attached hydrogen (secondary N) is 1. The van der Waals surface area contributed by atoms with Crippen molar-refractivity contribution in [3.05, 3.63) is 80.0 Å². The molecule has 0 bridgehead atoms. The molecule has 1 N–H and O–H groups in total. The van der Waals surface area contributed by atoms with Gasteiger partial charge in [-0.2, -0.15) is 5.10 Å². The highest BCUT2D eigenvalue weighted by molar-refractivity contribution is 7.10. The summed E-state index contributed by atoms with van der Waals surface area (Å²) in [6.45, 7) is 0.276. The lowest BCUT2D eigenvalue weighted by Crippen LogP contribution is -2.19. The zero-order chi connectivity index (χ0) is 20.6. The number of hydrogen-bond acceptors (Lipinski definition) is 5. The topological polar surface area (TPSA) is 59.9 Å². The standard InChI is InChI=1S/C21H18Cl2N2O3S/c1-27-20-9-14(12-24-25-21(26)11-17-3-2-8-29-17)4-7-19(20)28-13-15-5-6-16(22)10-18(15)23/h2-10,12H,11,13H2,1H3,(H,25,26)/b24-12-. The molecule has 0 spiro atoms. The summed E-state index contributed by atoms with van der Waals surface area (Å²) in [6, 6.07) is 14.4. The SMILES string of the molecule is COc1cc(/C=N\NC(=O)Cc2cccs2)ccc1OCc1ccc(Cl)cc1Cl. The molecular formula is C21H18Cl2N2O3S. The van der Waals surface area contributed by atoms with Crippen molar-refractivity contribution in [2.45, 2.75) is 13.0 Å². The van der Waals surface area contributed by atoms with E-state index in [0.717, 1.165) is 16.0 Å². The van der Waals surface area contributed by atoms with Crippen LogP contribution in [0.15, 0.2) is 59.0 Å². The molecule has 150 valence electrons. The molecule has 2 aromatic carbocycles. The Labute approximate surface area is 182 Å². The van der Waals surface area contributed by atoms with Gasteiger partial charge >= 0.3 is 0 Å². The highest BCUT2D eigenvalue weighted by atomic mass is 35.5. The van der Waals surface area contributed by atoms with Crippen LogP contribution in [0.1, 0.15) is 16.0 Å². The first-order valence-electron chi connectivity index (χ1n) is 8.64. The molecule has 0 saturated carbocycles. The van der Waals surface area contributed by atoms with E-state index < -0.39 is 0 Å². The van der Waals surface area contributed by atoms with Crippen molar-refractivity contribution in [1.82, 2.24) is 5.43 Å². The van der Waals surface area contributed by atoms with Crippen LogP contribution in [0.5, 0.6) is 11.5 Å². The Morgan fingerprint density at radius 2 is 2.03 bits per heavy atom. The number of nitrogens with zero attached hydrogens (tertiary/aromatic N) is 1. The predicted octanol–water partition coefficient (Wildman–Crippen LogP) is 5.34. The molecule has 0 aliphatic heterocycles. The second-order valence-electron chi connectivity index (χ2n) is 5.98. The smallest absolute Gasteiger partial charge is 0.245 e. The molecule has 8 heteroatoms. The summed E-state index contributed by atoms with van der Waals surface area (Å²) in [6.07, 6.45) is 1.85. The molecule has 0 radical (unpaired) electrons. The average Bonchev–Trinajstić information content (AvgIpc) is 3.20. The van der Waals surface area contributed by atoms with Crippen molar-refractivity contribution in [1.29, 1.82) is 0 Å². The van der Waals surface area contributed by atoms with Gasteiger partial charge in [-0.1, -0.05) is 35.3 Å². The third-order valence-corrected chi connectivity index (χ3v) is 5.37. The van der Waals surface area contributed by atoms with Crippen LogP contribution in [0.3, 0.4) is 0 Å². The van der Waals surface area contributed by atoms with Crippen LogP contribution in [0.2, 0.25) is 10.0 Å². The van der Waals surface area contributed by atoms with Crippen LogP contribution in [0.25, 0.3) is 0 Å². The lowest BCUT2D eigenvalue weighted by molar-refractivity contribution is -0.120. The second kappa shape index (κ2) is 10.3. The van der Waals surface area contributed by atoms with Gasteiger partial charge in [0.05, 0.1) is 19.7 Å². The number of carbonyl (C=O) groups excluding carboxylic acids is 1. The number of halogens is 2. The normalized spacial score (nSPS) is 10.9. The largest absolute Gasteiger partial charge is 0.493 e. The lowest BCUT2D eigenvalue weighted by atomic mass is 10.2. The van der Waals surface area contributed by atoms with E-state index >= 15 is 0 Å². The third kappa shape index (κ3) is 6.22. The van der Waals surface area contributed by atoms with Gasteiger partial charge in [-0.25, -0.2) is 5.43 Å². The summed E-state index contributed by atoms with van der Waals surface area (Å²) in [5.74, 6) is 0.941. The van der Waals surface area contributed by atoms with Crippen LogP contribution in [-0.4, -0.2) is 19.2 Å². The molecular weight excluding hydrogens is 431 g/mol. The van der Waals surface area contributed by atoms with E-state index in [-0.39, 0.29) is 12.5 Å². The molecule has 3 aromatic rings. The van der Waals surface area contributed by atoms with Crippen molar-refractivity contribution in [2.75, 3.05) is 7.11 Å². The number of hydrogen-bond donors (Lipinski definition) is 1. The summed E-state index contributed by atoms with van der Waals surface area (Å²) < 4.78 is 11.2. The number of amides is 1. The Morgan fingerprint density at radius 1 is 1.17 bits per heavy atom. The first-order valence-corrected chi connectivity index (χ1v) is 10.3. The number of methoxy groups -OCH3 is 1. The van der Waals surface area contributed by atoms with Gasteiger partial charge in [0.2, 0.25) is 5.91 Å². The van der Waals surface area contributed by atoms with Crippen LogP contribution < -0.4 is 14.9 Å². The summed E-state index contributed by atoms with van der Waals surface area (Å²) >= 11 is 13.6. The minimum atomic E-state index is -0.171. The Bertz CT molecular complexity index is 1010. The quantitative estimate of drug-likeness (QED) is 0.373. The number of ether oxygens (including phenoxy) is 2. The highest BCUT2D eigenvalue weighted by Crippen LogP contribution is 2.29. The summed E-state index contributed by atoms with van der Waals surface area (Å²) in [4.78, 5) is 12.9. The fraction of sp³-hybridized carbons (Fsp3) is 0.143. The molecule has 1 heterocycles. The van der Waals surface area contributed by atoms with Gasteiger partial charge < -0.3 is 9.47 Å². The van der Waals surface area contributed by atoms with Crippen LogP contribution >= 0.6 is 34.5 Å². The molecule has 0 atom stereocenters. The van der Waals surface area contributed by atoms with E-state index in [4.69, 9.17) is 32.7 Å². The average molecular weight is 449 g/mol. The van der Waals surface area contributed by atoms with Gasteiger partial charge in [0.1, 0.15) is 6.61 Å². The summed E-state index contributed by atoms with van der Waals surface area (Å²) in [7, 11) is 1.56. The highest BCUT2D eigenvalue weighted by Gasteiger charge is 2.08. The van der Waals surface area contributed by atoms with Crippen LogP contribution in [-0.2, 0) is 17.8 Å². The van der Waals surface area contributed by atoms with Gasteiger partial charge in [0.25, 0.3) is 0 Å². The number of thiophene rings is 1. The lowest BCUT2D eigenvalue weighted by Gasteiger charge is -2.12. The zero-order valence-corrected chi connectivity index (χ0v) is 17.9. The van der Waals surface area contributed by atoms with Crippen molar-refractivity contribution in [2.24, 2.45) is 5.10 Å². The van der Waals surface area contributed by atoms with Gasteiger partial charge in [0.15, 0.2) is 11.5 Å². The maximum Gasteiger partial charge on any atom is 0.245 e. The maximum atomic E-state index is 11.9. The minimum Gasteiger partial charge on any atom is -0.493 e. The van der Waals surface area contributed by atoms with Crippen LogP contribution in [0.4, 0.5) is 0 Å². The first-order chi connectivity index (χ1) is 14.0. The van der Waals surface area contributed by atoms with Crippen molar-refractivity contribution in [3.8, 4) is 11.5 Å². The predicted molar refractivity (Wildman–Crippen MR) is 118 cm³/mol. The van der Waals surface area contributed by atoms with E-state index in [2.05, 4.69) is 10.5 Å². The zero-order valence-electron chi connectivity index (χ0n) is 15.5. The second-order valence-corrected chi connectivity index (χ2v) is 7.86. The molecule has 29 heavy (non-hydrogen) atoms. The monoisotopic (exact) mass is 448 g/mol. The molecule has 0 aliphatic rings. The van der Waals surface area contributed by atoms with E-state index in [1.165, 1.54) is 11.3 Å². The van der Waals surface area contributed by atoms with Crippen molar-refractivity contribution < 1.29 is 14.3 Å².